The van der Waals surface area contributed by atoms with Gasteiger partial charge in [0.2, 0.25) is 0 Å². The average molecular weight is 297 g/mol. The lowest BCUT2D eigenvalue weighted by atomic mass is 10.1. The zero-order valence-electron chi connectivity index (χ0n) is 11.5. The molecule has 114 valence electrons. The van der Waals surface area contributed by atoms with E-state index in [1.54, 1.807) is 0 Å². The summed E-state index contributed by atoms with van der Waals surface area (Å²) in [5.74, 6) is -2.57. The van der Waals surface area contributed by atoms with E-state index in [4.69, 9.17) is 5.11 Å². The summed E-state index contributed by atoms with van der Waals surface area (Å²) in [6.07, 6.45) is 2.30. The standard InChI is InChI=1S/C13H16FN3O4/c1-16(8-2-3-8)5-4-15-11-6-9(13(18)19)10(14)7-12(11)17(20)21/h6-8,15H,2-5H2,1H3,(H,18,19). The monoisotopic (exact) mass is 297 g/mol. The highest BCUT2D eigenvalue weighted by Crippen LogP contribution is 2.28. The van der Waals surface area contributed by atoms with Crippen LogP contribution in [0.2, 0.25) is 0 Å². The number of hydrogen-bond donors (Lipinski definition) is 2. The Kier molecular flexibility index (Phi) is 4.37. The molecule has 8 heteroatoms. The molecule has 0 amide bonds. The average Bonchev–Trinajstić information content (AvgIpc) is 3.23. The lowest BCUT2D eigenvalue weighted by Crippen LogP contribution is -2.27. The highest BCUT2D eigenvalue weighted by molar-refractivity contribution is 5.90. The molecule has 0 unspecified atom stereocenters. The van der Waals surface area contributed by atoms with Crippen molar-refractivity contribution in [2.45, 2.75) is 18.9 Å². The van der Waals surface area contributed by atoms with Crippen molar-refractivity contribution in [2.24, 2.45) is 0 Å². The topological polar surface area (TPSA) is 95.7 Å². The summed E-state index contributed by atoms with van der Waals surface area (Å²) in [5.41, 5.74) is -1.03. The molecule has 2 rings (SSSR count). The Morgan fingerprint density at radius 1 is 1.57 bits per heavy atom. The van der Waals surface area contributed by atoms with E-state index in [1.165, 1.54) is 0 Å². The number of nitrogens with one attached hydrogen (secondary N) is 1. The quantitative estimate of drug-likeness (QED) is 0.590. The summed E-state index contributed by atoms with van der Waals surface area (Å²) in [6.45, 7) is 1.08. The summed E-state index contributed by atoms with van der Waals surface area (Å²) in [7, 11) is 1.96. The van der Waals surface area contributed by atoms with Crippen LogP contribution in [0.1, 0.15) is 23.2 Å². The number of nitro benzene ring substituents is 1. The fraction of sp³-hybridized carbons (Fsp3) is 0.462. The fourth-order valence-electron chi connectivity index (χ4n) is 2.08. The van der Waals surface area contributed by atoms with Gasteiger partial charge >= 0.3 is 5.97 Å². The number of anilines is 1. The van der Waals surface area contributed by atoms with Crippen LogP contribution in [0.4, 0.5) is 15.8 Å². The van der Waals surface area contributed by atoms with Gasteiger partial charge in [0, 0.05) is 19.1 Å². The summed E-state index contributed by atoms with van der Waals surface area (Å²) in [5, 5.41) is 22.6. The first-order valence-electron chi connectivity index (χ1n) is 6.55. The number of carbonyl (C=O) groups is 1. The van der Waals surface area contributed by atoms with E-state index < -0.39 is 28.0 Å². The van der Waals surface area contributed by atoms with E-state index in [2.05, 4.69) is 10.2 Å². The molecule has 21 heavy (non-hydrogen) atoms. The third-order valence-corrected chi connectivity index (χ3v) is 3.46. The maximum absolute atomic E-state index is 13.5. The minimum atomic E-state index is -1.46. The summed E-state index contributed by atoms with van der Waals surface area (Å²) >= 11 is 0. The van der Waals surface area contributed by atoms with Crippen LogP contribution in [0.5, 0.6) is 0 Å². The van der Waals surface area contributed by atoms with Crippen LogP contribution in [-0.4, -0.2) is 47.1 Å². The second kappa shape index (κ2) is 6.04. The van der Waals surface area contributed by atoms with Crippen LogP contribution in [0.15, 0.2) is 12.1 Å². The van der Waals surface area contributed by atoms with Gasteiger partial charge < -0.3 is 15.3 Å². The Morgan fingerprint density at radius 3 is 2.76 bits per heavy atom. The number of aromatic carboxylic acids is 1. The predicted molar refractivity (Wildman–Crippen MR) is 74.2 cm³/mol. The number of likely N-dealkylation sites (N-methyl/N-ethyl adjacent to an activating group) is 1. The van der Waals surface area contributed by atoms with Crippen molar-refractivity contribution in [3.05, 3.63) is 33.6 Å². The van der Waals surface area contributed by atoms with Crippen molar-refractivity contribution in [3.8, 4) is 0 Å². The molecule has 0 saturated heterocycles. The summed E-state index contributed by atoms with van der Waals surface area (Å²) < 4.78 is 13.5. The first-order valence-corrected chi connectivity index (χ1v) is 6.55. The molecule has 2 N–H and O–H groups in total. The SMILES string of the molecule is CN(CCNc1cc(C(=O)O)c(F)cc1[N+](=O)[O-])C1CC1. The lowest BCUT2D eigenvalue weighted by Gasteiger charge is -2.16. The number of carboxylic acids is 1. The van der Waals surface area contributed by atoms with E-state index in [0.29, 0.717) is 25.2 Å². The summed E-state index contributed by atoms with van der Waals surface area (Å²) in [6, 6.07) is 2.16. The van der Waals surface area contributed by atoms with Crippen molar-refractivity contribution < 1.29 is 19.2 Å². The largest absolute Gasteiger partial charge is 0.478 e. The molecule has 0 aliphatic heterocycles. The number of benzene rings is 1. The van der Waals surface area contributed by atoms with Gasteiger partial charge in [0.1, 0.15) is 11.5 Å². The van der Waals surface area contributed by atoms with Gasteiger partial charge in [-0.3, -0.25) is 10.1 Å². The van der Waals surface area contributed by atoms with Crippen molar-refractivity contribution >= 4 is 17.3 Å². The molecule has 0 heterocycles. The van der Waals surface area contributed by atoms with Gasteiger partial charge in [-0.1, -0.05) is 0 Å². The van der Waals surface area contributed by atoms with Crippen LogP contribution >= 0.6 is 0 Å². The number of halogens is 1. The van der Waals surface area contributed by atoms with Gasteiger partial charge in [0.15, 0.2) is 0 Å². The molecule has 1 aromatic carbocycles. The van der Waals surface area contributed by atoms with E-state index in [0.717, 1.165) is 18.9 Å². The Bertz CT molecular complexity index is 575. The van der Waals surface area contributed by atoms with Crippen molar-refractivity contribution in [3.63, 3.8) is 0 Å². The molecule has 0 spiro atoms. The predicted octanol–water partition coefficient (Wildman–Crippen LogP) is 1.94. The van der Waals surface area contributed by atoms with E-state index in [9.17, 15) is 19.3 Å². The zero-order valence-corrected chi connectivity index (χ0v) is 11.5. The molecule has 0 bridgehead atoms. The lowest BCUT2D eigenvalue weighted by molar-refractivity contribution is -0.384. The van der Waals surface area contributed by atoms with Crippen molar-refractivity contribution in [1.82, 2.24) is 4.90 Å². The molecule has 0 radical (unpaired) electrons. The molecular formula is C13H16FN3O4. The number of nitro groups is 1. The van der Waals surface area contributed by atoms with Crippen LogP contribution in [0, 0.1) is 15.9 Å². The van der Waals surface area contributed by atoms with Crippen LogP contribution in [0.25, 0.3) is 0 Å². The third-order valence-electron chi connectivity index (χ3n) is 3.46. The normalized spacial score (nSPS) is 14.2. The first kappa shape index (κ1) is 15.2. The number of rotatable bonds is 7. The van der Waals surface area contributed by atoms with Gasteiger partial charge in [0.25, 0.3) is 5.69 Å². The smallest absolute Gasteiger partial charge is 0.338 e. The second-order valence-electron chi connectivity index (χ2n) is 5.05. The number of nitrogens with zero attached hydrogens (tertiary/aromatic N) is 2. The highest BCUT2D eigenvalue weighted by atomic mass is 19.1. The van der Waals surface area contributed by atoms with Crippen LogP contribution in [0.3, 0.4) is 0 Å². The second-order valence-corrected chi connectivity index (χ2v) is 5.05. The van der Waals surface area contributed by atoms with Gasteiger partial charge in [-0.05, 0) is 26.0 Å². The molecule has 1 aliphatic rings. The molecule has 1 aliphatic carbocycles. The minimum Gasteiger partial charge on any atom is -0.478 e. The van der Waals surface area contributed by atoms with Gasteiger partial charge in [-0.25, -0.2) is 9.18 Å². The van der Waals surface area contributed by atoms with Crippen molar-refractivity contribution in [1.29, 1.82) is 0 Å². The molecule has 0 aromatic heterocycles. The van der Waals surface area contributed by atoms with E-state index >= 15 is 0 Å². The molecule has 7 nitrogen and oxygen atoms in total. The van der Waals surface area contributed by atoms with Gasteiger partial charge in [-0.15, -0.1) is 0 Å². The molecular weight excluding hydrogens is 281 g/mol. The maximum atomic E-state index is 13.5. The van der Waals surface area contributed by atoms with Crippen LogP contribution < -0.4 is 5.32 Å². The first-order chi connectivity index (χ1) is 9.90. The fourth-order valence-corrected chi connectivity index (χ4v) is 2.08. The van der Waals surface area contributed by atoms with Crippen molar-refractivity contribution in [2.75, 3.05) is 25.5 Å². The van der Waals surface area contributed by atoms with E-state index in [-0.39, 0.29) is 5.69 Å². The summed E-state index contributed by atoms with van der Waals surface area (Å²) in [4.78, 5) is 23.2. The molecule has 1 aromatic rings. The molecule has 0 atom stereocenters. The van der Waals surface area contributed by atoms with Gasteiger partial charge in [0.05, 0.1) is 16.6 Å². The number of carboxylic acid groups (broad SMARTS) is 1. The highest BCUT2D eigenvalue weighted by Gasteiger charge is 2.26. The minimum absolute atomic E-state index is 0.0167. The third kappa shape index (κ3) is 3.66. The van der Waals surface area contributed by atoms with Gasteiger partial charge in [-0.2, -0.15) is 0 Å². The van der Waals surface area contributed by atoms with Crippen LogP contribution in [-0.2, 0) is 0 Å². The Morgan fingerprint density at radius 2 is 2.24 bits per heavy atom. The zero-order chi connectivity index (χ0) is 15.6. The van der Waals surface area contributed by atoms with E-state index in [1.807, 2.05) is 7.05 Å². The molecule has 1 fully saturated rings. The Labute approximate surface area is 120 Å². The Hall–Kier alpha value is -2.22. The Balaban J connectivity index is 2.12. The number of hydrogen-bond acceptors (Lipinski definition) is 5. The maximum Gasteiger partial charge on any atom is 0.338 e. The molecule has 1 saturated carbocycles.